The number of nitrogens with zero attached hydrogens (tertiary/aromatic N) is 1. The van der Waals surface area contributed by atoms with Crippen molar-refractivity contribution in [3.8, 4) is 0 Å². The van der Waals surface area contributed by atoms with Gasteiger partial charge >= 0.3 is 0 Å². The minimum absolute atomic E-state index is 0. The highest BCUT2D eigenvalue weighted by molar-refractivity contribution is 5.96. The van der Waals surface area contributed by atoms with Crippen molar-refractivity contribution in [2.24, 2.45) is 11.8 Å². The highest BCUT2D eigenvalue weighted by Gasteiger charge is 2.26. The van der Waals surface area contributed by atoms with Gasteiger partial charge in [0.25, 0.3) is 5.91 Å². The minimum Gasteiger partial charge on any atom is -0.354 e. The molecule has 0 saturated carbocycles. The van der Waals surface area contributed by atoms with Crippen molar-refractivity contribution in [2.45, 2.75) is 19.9 Å². The number of amides is 2. The van der Waals surface area contributed by atoms with Gasteiger partial charge < -0.3 is 16.0 Å². The lowest BCUT2D eigenvalue weighted by molar-refractivity contribution is -0.124. The zero-order chi connectivity index (χ0) is 15.2. The van der Waals surface area contributed by atoms with Crippen LogP contribution in [0, 0.1) is 11.8 Å². The number of pyridine rings is 1. The number of carbonyl (C=O) groups excluding carboxylic acids is 2. The van der Waals surface area contributed by atoms with Crippen LogP contribution in [-0.4, -0.2) is 42.5 Å². The average molecular weight is 363 g/mol. The van der Waals surface area contributed by atoms with Crippen molar-refractivity contribution in [3.63, 3.8) is 0 Å². The molecule has 23 heavy (non-hydrogen) atoms. The largest absolute Gasteiger partial charge is 0.354 e. The maximum absolute atomic E-state index is 12.2. The molecule has 1 aromatic rings. The summed E-state index contributed by atoms with van der Waals surface area (Å²) in [4.78, 5) is 28.3. The Morgan fingerprint density at radius 1 is 1.30 bits per heavy atom. The number of hydrogen-bond acceptors (Lipinski definition) is 4. The number of carbonyl (C=O) groups is 2. The first kappa shape index (κ1) is 21.6. The van der Waals surface area contributed by atoms with Crippen LogP contribution in [0.2, 0.25) is 0 Å². The van der Waals surface area contributed by atoms with Crippen LogP contribution >= 0.6 is 24.8 Å². The highest BCUT2D eigenvalue weighted by atomic mass is 35.5. The topological polar surface area (TPSA) is 83.1 Å². The van der Waals surface area contributed by atoms with Gasteiger partial charge in [0, 0.05) is 31.7 Å². The van der Waals surface area contributed by atoms with Gasteiger partial charge in [0.1, 0.15) is 11.7 Å². The molecule has 0 aliphatic carbocycles. The Hall–Kier alpha value is -1.37. The smallest absolute Gasteiger partial charge is 0.270 e. The fourth-order valence-electron chi connectivity index (χ4n) is 2.09. The first-order chi connectivity index (χ1) is 10.1. The Bertz CT molecular complexity index is 496. The summed E-state index contributed by atoms with van der Waals surface area (Å²) in [5.74, 6) is 0.0429. The van der Waals surface area contributed by atoms with Crippen LogP contribution in [0.5, 0.6) is 0 Å². The van der Waals surface area contributed by atoms with E-state index in [1.165, 1.54) is 0 Å². The third-order valence-electron chi connectivity index (χ3n) is 3.56. The fraction of sp³-hybridized carbons (Fsp3) is 0.533. The second-order valence-electron chi connectivity index (χ2n) is 5.68. The van der Waals surface area contributed by atoms with Crippen LogP contribution in [0.15, 0.2) is 24.4 Å². The highest BCUT2D eigenvalue weighted by Crippen LogP contribution is 2.05. The number of halogens is 2. The Kier molecular flexibility index (Phi) is 9.79. The fourth-order valence-corrected chi connectivity index (χ4v) is 2.09. The molecule has 1 aromatic heterocycles. The average Bonchev–Trinajstić information content (AvgIpc) is 2.43. The van der Waals surface area contributed by atoms with E-state index in [-0.39, 0.29) is 42.5 Å². The molecule has 1 aliphatic heterocycles. The van der Waals surface area contributed by atoms with E-state index in [9.17, 15) is 9.59 Å². The first-order valence-electron chi connectivity index (χ1n) is 7.28. The van der Waals surface area contributed by atoms with E-state index in [2.05, 4.69) is 20.9 Å². The summed E-state index contributed by atoms with van der Waals surface area (Å²) in [7, 11) is 0. The first-order valence-corrected chi connectivity index (χ1v) is 7.28. The summed E-state index contributed by atoms with van der Waals surface area (Å²) < 4.78 is 0. The predicted molar refractivity (Wildman–Crippen MR) is 94.2 cm³/mol. The summed E-state index contributed by atoms with van der Waals surface area (Å²) in [5.41, 5.74) is 0.319. The Labute approximate surface area is 149 Å². The van der Waals surface area contributed by atoms with Crippen LogP contribution in [0.3, 0.4) is 0 Å². The van der Waals surface area contributed by atoms with Gasteiger partial charge in [-0.3, -0.25) is 14.6 Å². The molecule has 0 spiro atoms. The molecular weight excluding hydrogens is 339 g/mol. The standard InChI is InChI=1S/C15H22N4O2.2ClH/c1-10(2)13(15(21)18-9-11-7-16-8-11)19-14(20)12-5-3-4-6-17-12;;/h3-6,10-11,13,16H,7-9H2,1-2H3,(H,18,21)(H,19,20);2*1H. The quantitative estimate of drug-likeness (QED) is 0.705. The van der Waals surface area contributed by atoms with Crippen LogP contribution in [0.1, 0.15) is 24.3 Å². The van der Waals surface area contributed by atoms with Crippen LogP contribution in [0.25, 0.3) is 0 Å². The molecule has 0 aromatic carbocycles. The zero-order valence-electron chi connectivity index (χ0n) is 13.2. The molecule has 6 nitrogen and oxygen atoms in total. The summed E-state index contributed by atoms with van der Waals surface area (Å²) >= 11 is 0. The normalized spacial score (nSPS) is 14.7. The SMILES string of the molecule is CC(C)C(NC(=O)c1ccccn1)C(=O)NCC1CNC1.Cl.Cl. The third-order valence-corrected chi connectivity index (χ3v) is 3.56. The van der Waals surface area contributed by atoms with E-state index in [1.54, 1.807) is 24.4 Å². The molecule has 1 fully saturated rings. The molecule has 1 aliphatic rings. The van der Waals surface area contributed by atoms with Gasteiger partial charge in [-0.2, -0.15) is 0 Å². The molecule has 2 heterocycles. The van der Waals surface area contributed by atoms with Crippen molar-refractivity contribution in [1.82, 2.24) is 20.9 Å². The predicted octanol–water partition coefficient (Wildman–Crippen LogP) is 1.02. The molecule has 2 amide bonds. The van der Waals surface area contributed by atoms with E-state index < -0.39 is 6.04 Å². The van der Waals surface area contributed by atoms with E-state index >= 15 is 0 Å². The van der Waals surface area contributed by atoms with Crippen LogP contribution in [0.4, 0.5) is 0 Å². The van der Waals surface area contributed by atoms with Gasteiger partial charge in [0.15, 0.2) is 0 Å². The van der Waals surface area contributed by atoms with Crippen molar-refractivity contribution < 1.29 is 9.59 Å². The van der Waals surface area contributed by atoms with Crippen molar-refractivity contribution in [2.75, 3.05) is 19.6 Å². The van der Waals surface area contributed by atoms with Gasteiger partial charge in [-0.1, -0.05) is 19.9 Å². The van der Waals surface area contributed by atoms with Gasteiger partial charge in [-0.05, 0) is 18.1 Å². The van der Waals surface area contributed by atoms with E-state index in [4.69, 9.17) is 0 Å². The number of hydrogen-bond donors (Lipinski definition) is 3. The third kappa shape index (κ3) is 6.33. The molecule has 8 heteroatoms. The van der Waals surface area contributed by atoms with E-state index in [0.717, 1.165) is 13.1 Å². The maximum atomic E-state index is 12.2. The summed E-state index contributed by atoms with van der Waals surface area (Å²) in [6.07, 6.45) is 1.56. The summed E-state index contributed by atoms with van der Waals surface area (Å²) in [5, 5.41) is 8.83. The second kappa shape index (κ2) is 10.4. The van der Waals surface area contributed by atoms with E-state index in [0.29, 0.717) is 18.2 Å². The van der Waals surface area contributed by atoms with Gasteiger partial charge in [0.05, 0.1) is 0 Å². The van der Waals surface area contributed by atoms with Crippen molar-refractivity contribution >= 4 is 36.6 Å². The van der Waals surface area contributed by atoms with Gasteiger partial charge in [0.2, 0.25) is 5.91 Å². The second-order valence-corrected chi connectivity index (χ2v) is 5.68. The molecule has 1 saturated heterocycles. The summed E-state index contributed by atoms with van der Waals surface area (Å²) in [6, 6.07) is 4.57. The van der Waals surface area contributed by atoms with E-state index in [1.807, 2.05) is 13.8 Å². The van der Waals surface area contributed by atoms with Gasteiger partial charge in [-0.25, -0.2) is 0 Å². The molecule has 1 unspecified atom stereocenters. The molecule has 0 bridgehead atoms. The number of aromatic nitrogens is 1. The molecule has 130 valence electrons. The molecular formula is C15H24Cl2N4O2. The molecule has 3 N–H and O–H groups in total. The maximum Gasteiger partial charge on any atom is 0.270 e. The molecule has 1 atom stereocenters. The lowest BCUT2D eigenvalue weighted by Gasteiger charge is -2.28. The number of rotatable bonds is 6. The Balaban J connectivity index is 0.00000242. The minimum atomic E-state index is -0.549. The van der Waals surface area contributed by atoms with Crippen molar-refractivity contribution in [1.29, 1.82) is 0 Å². The van der Waals surface area contributed by atoms with Crippen LogP contribution in [-0.2, 0) is 4.79 Å². The molecule has 2 rings (SSSR count). The van der Waals surface area contributed by atoms with Gasteiger partial charge in [-0.15, -0.1) is 24.8 Å². The zero-order valence-corrected chi connectivity index (χ0v) is 14.9. The van der Waals surface area contributed by atoms with Crippen LogP contribution < -0.4 is 16.0 Å². The lowest BCUT2D eigenvalue weighted by Crippen LogP contribution is -2.53. The monoisotopic (exact) mass is 362 g/mol. The Morgan fingerprint density at radius 3 is 2.48 bits per heavy atom. The van der Waals surface area contributed by atoms with Crippen molar-refractivity contribution in [3.05, 3.63) is 30.1 Å². The summed E-state index contributed by atoms with van der Waals surface area (Å²) in [6.45, 7) is 6.34. The molecule has 0 radical (unpaired) electrons. The lowest BCUT2D eigenvalue weighted by atomic mass is 10.0. The number of nitrogens with one attached hydrogen (secondary N) is 3. The Morgan fingerprint density at radius 2 is 2.00 bits per heavy atom.